The van der Waals surface area contributed by atoms with Gasteiger partial charge in [0.1, 0.15) is 5.82 Å². The first-order valence-corrected chi connectivity index (χ1v) is 7.65. The van der Waals surface area contributed by atoms with Crippen LogP contribution in [0.25, 0.3) is 0 Å². The normalized spacial score (nSPS) is 24.1. The summed E-state index contributed by atoms with van der Waals surface area (Å²) >= 11 is 0. The maximum atomic E-state index is 12.8. The molecule has 1 aromatic carbocycles. The highest BCUT2D eigenvalue weighted by atomic mass is 19.1. The molecule has 0 bridgehead atoms. The average Bonchev–Trinajstić information content (AvgIpc) is 3.26. The van der Waals surface area contributed by atoms with E-state index in [9.17, 15) is 14.0 Å². The van der Waals surface area contributed by atoms with Crippen molar-refractivity contribution in [2.75, 3.05) is 31.5 Å². The number of nitrogens with zero attached hydrogens (tertiary/aromatic N) is 2. The first-order chi connectivity index (χ1) is 10.5. The van der Waals surface area contributed by atoms with Gasteiger partial charge in [0.25, 0.3) is 0 Å². The highest BCUT2D eigenvalue weighted by Gasteiger charge is 2.42. The van der Waals surface area contributed by atoms with Gasteiger partial charge in [-0.1, -0.05) is 6.92 Å². The van der Waals surface area contributed by atoms with Crippen LogP contribution in [0.4, 0.5) is 14.9 Å². The summed E-state index contributed by atoms with van der Waals surface area (Å²) < 4.78 is 12.8. The smallest absolute Gasteiger partial charge is 0.321 e. The van der Waals surface area contributed by atoms with Gasteiger partial charge in [0.2, 0.25) is 5.91 Å². The summed E-state index contributed by atoms with van der Waals surface area (Å²) in [5.41, 5.74) is 0.566. The Morgan fingerprint density at radius 2 is 1.64 bits per heavy atom. The van der Waals surface area contributed by atoms with Gasteiger partial charge < -0.3 is 15.1 Å². The molecule has 2 atom stereocenters. The van der Waals surface area contributed by atoms with Gasteiger partial charge in [-0.05, 0) is 36.6 Å². The molecule has 0 aromatic heterocycles. The molecule has 1 aliphatic heterocycles. The van der Waals surface area contributed by atoms with Gasteiger partial charge in [0, 0.05) is 37.8 Å². The van der Waals surface area contributed by atoms with Crippen molar-refractivity contribution in [3.05, 3.63) is 30.1 Å². The van der Waals surface area contributed by atoms with Crippen molar-refractivity contribution >= 4 is 17.6 Å². The minimum absolute atomic E-state index is 0.194. The van der Waals surface area contributed by atoms with Crippen LogP contribution in [-0.4, -0.2) is 47.9 Å². The van der Waals surface area contributed by atoms with E-state index in [2.05, 4.69) is 12.2 Å². The van der Waals surface area contributed by atoms with E-state index >= 15 is 0 Å². The number of carbonyl (C=O) groups excluding carboxylic acids is 2. The van der Waals surface area contributed by atoms with Gasteiger partial charge in [-0.25, -0.2) is 9.18 Å². The van der Waals surface area contributed by atoms with Crippen LogP contribution in [0.2, 0.25) is 0 Å². The van der Waals surface area contributed by atoms with Gasteiger partial charge in [-0.2, -0.15) is 0 Å². The largest absolute Gasteiger partial charge is 0.339 e. The van der Waals surface area contributed by atoms with Gasteiger partial charge in [0.15, 0.2) is 0 Å². The highest BCUT2D eigenvalue weighted by Crippen LogP contribution is 2.39. The molecule has 1 aliphatic carbocycles. The van der Waals surface area contributed by atoms with Crippen molar-refractivity contribution in [3.8, 4) is 0 Å². The second-order valence-electron chi connectivity index (χ2n) is 6.07. The third-order valence-corrected chi connectivity index (χ3v) is 4.40. The van der Waals surface area contributed by atoms with Crippen LogP contribution in [0, 0.1) is 17.7 Å². The predicted molar refractivity (Wildman–Crippen MR) is 80.8 cm³/mol. The molecular weight excluding hydrogens is 285 g/mol. The fourth-order valence-corrected chi connectivity index (χ4v) is 2.77. The van der Waals surface area contributed by atoms with E-state index in [0.29, 0.717) is 37.8 Å². The predicted octanol–water partition coefficient (Wildman–Crippen LogP) is 2.16. The number of halogens is 1. The van der Waals surface area contributed by atoms with Gasteiger partial charge in [-0.3, -0.25) is 4.79 Å². The molecule has 1 aromatic rings. The van der Waals surface area contributed by atoms with Crippen molar-refractivity contribution in [2.24, 2.45) is 11.8 Å². The lowest BCUT2D eigenvalue weighted by Crippen LogP contribution is -2.52. The second kappa shape index (κ2) is 5.94. The van der Waals surface area contributed by atoms with Gasteiger partial charge >= 0.3 is 6.03 Å². The first-order valence-electron chi connectivity index (χ1n) is 7.65. The van der Waals surface area contributed by atoms with E-state index < -0.39 is 0 Å². The summed E-state index contributed by atoms with van der Waals surface area (Å²) in [5, 5.41) is 2.74. The van der Waals surface area contributed by atoms with Crippen molar-refractivity contribution in [3.63, 3.8) is 0 Å². The van der Waals surface area contributed by atoms with Crippen LogP contribution in [-0.2, 0) is 4.79 Å². The standard InChI is InChI=1S/C16H20FN3O2/c1-11-10-14(11)15(21)19-6-8-20(9-7-19)16(22)18-13-4-2-12(17)3-5-13/h2-5,11,14H,6-10H2,1H3,(H,18,22)/t11-,14+/m1/s1. The molecule has 0 unspecified atom stereocenters. The summed E-state index contributed by atoms with van der Waals surface area (Å²) in [4.78, 5) is 27.8. The highest BCUT2D eigenvalue weighted by molar-refractivity contribution is 5.89. The van der Waals surface area contributed by atoms with E-state index in [-0.39, 0.29) is 23.7 Å². The lowest BCUT2D eigenvalue weighted by Gasteiger charge is -2.35. The molecule has 1 saturated carbocycles. The molecule has 1 N–H and O–H groups in total. The molecule has 3 rings (SSSR count). The number of piperazine rings is 1. The average molecular weight is 305 g/mol. The SMILES string of the molecule is C[C@@H]1C[C@@H]1C(=O)N1CCN(C(=O)Nc2ccc(F)cc2)CC1. The molecular formula is C16H20FN3O2. The monoisotopic (exact) mass is 305 g/mol. The van der Waals surface area contributed by atoms with E-state index in [1.54, 1.807) is 4.90 Å². The summed E-state index contributed by atoms with van der Waals surface area (Å²) in [6.07, 6.45) is 0.990. The number of nitrogens with one attached hydrogen (secondary N) is 1. The number of carbonyl (C=O) groups is 2. The number of rotatable bonds is 2. The zero-order chi connectivity index (χ0) is 15.7. The van der Waals surface area contributed by atoms with Crippen molar-refractivity contribution < 1.29 is 14.0 Å². The molecule has 3 amide bonds. The molecule has 2 aliphatic rings. The third kappa shape index (κ3) is 3.21. The summed E-state index contributed by atoms with van der Waals surface area (Å²) in [6.45, 7) is 4.31. The molecule has 1 saturated heterocycles. The zero-order valence-electron chi connectivity index (χ0n) is 12.6. The first kappa shape index (κ1) is 14.8. The van der Waals surface area contributed by atoms with E-state index in [1.165, 1.54) is 24.3 Å². The minimum Gasteiger partial charge on any atom is -0.339 e. The Labute approximate surface area is 129 Å². The van der Waals surface area contributed by atoms with Crippen LogP contribution in [0.1, 0.15) is 13.3 Å². The zero-order valence-corrected chi connectivity index (χ0v) is 12.6. The van der Waals surface area contributed by atoms with Crippen LogP contribution in [0.3, 0.4) is 0 Å². The fourth-order valence-electron chi connectivity index (χ4n) is 2.77. The quantitative estimate of drug-likeness (QED) is 0.910. The molecule has 5 nitrogen and oxygen atoms in total. The van der Waals surface area contributed by atoms with Crippen LogP contribution in [0.5, 0.6) is 0 Å². The van der Waals surface area contributed by atoms with E-state index in [0.717, 1.165) is 6.42 Å². The molecule has 1 heterocycles. The Balaban J connectivity index is 1.49. The molecule has 118 valence electrons. The van der Waals surface area contributed by atoms with Crippen LogP contribution >= 0.6 is 0 Å². The molecule has 0 spiro atoms. The minimum atomic E-state index is -0.334. The Bertz CT molecular complexity index is 567. The Hall–Kier alpha value is -2.11. The summed E-state index contributed by atoms with van der Waals surface area (Å²) in [7, 11) is 0. The number of anilines is 1. The Morgan fingerprint density at radius 3 is 2.18 bits per heavy atom. The Morgan fingerprint density at radius 1 is 1.09 bits per heavy atom. The molecule has 2 fully saturated rings. The van der Waals surface area contributed by atoms with E-state index in [1.807, 2.05) is 4.90 Å². The van der Waals surface area contributed by atoms with Crippen molar-refractivity contribution in [2.45, 2.75) is 13.3 Å². The Kier molecular flexibility index (Phi) is 4.00. The maximum Gasteiger partial charge on any atom is 0.321 e. The van der Waals surface area contributed by atoms with Crippen molar-refractivity contribution in [1.29, 1.82) is 0 Å². The fraction of sp³-hybridized carbons (Fsp3) is 0.500. The van der Waals surface area contributed by atoms with Gasteiger partial charge in [0.05, 0.1) is 0 Å². The van der Waals surface area contributed by atoms with E-state index in [4.69, 9.17) is 0 Å². The number of hydrogen-bond donors (Lipinski definition) is 1. The number of benzene rings is 1. The second-order valence-corrected chi connectivity index (χ2v) is 6.07. The third-order valence-electron chi connectivity index (χ3n) is 4.40. The number of hydrogen-bond acceptors (Lipinski definition) is 2. The van der Waals surface area contributed by atoms with Gasteiger partial charge in [-0.15, -0.1) is 0 Å². The lowest BCUT2D eigenvalue weighted by molar-refractivity contribution is -0.134. The molecule has 22 heavy (non-hydrogen) atoms. The van der Waals surface area contributed by atoms with Crippen LogP contribution < -0.4 is 5.32 Å². The maximum absolute atomic E-state index is 12.8. The topological polar surface area (TPSA) is 52.7 Å². The molecule has 6 heteroatoms. The van der Waals surface area contributed by atoms with Crippen LogP contribution in [0.15, 0.2) is 24.3 Å². The number of amides is 3. The molecule has 0 radical (unpaired) electrons. The summed E-state index contributed by atoms with van der Waals surface area (Å²) in [6, 6.07) is 5.47. The summed E-state index contributed by atoms with van der Waals surface area (Å²) in [5.74, 6) is 0.595. The lowest BCUT2D eigenvalue weighted by atomic mass is 10.2. The number of urea groups is 1. The van der Waals surface area contributed by atoms with Crippen molar-refractivity contribution in [1.82, 2.24) is 9.80 Å².